The summed E-state index contributed by atoms with van der Waals surface area (Å²) in [5.41, 5.74) is 5.07. The van der Waals surface area contributed by atoms with E-state index in [1.54, 1.807) is 6.07 Å². The molecule has 104 valence electrons. The van der Waals surface area contributed by atoms with E-state index < -0.39 is 29.6 Å². The van der Waals surface area contributed by atoms with Gasteiger partial charge in [0.15, 0.2) is 0 Å². The number of rotatable bonds is 2. The molecule has 0 aromatic heterocycles. The van der Waals surface area contributed by atoms with Crippen LogP contribution >= 0.6 is 0 Å². The normalized spacial score (nSPS) is 24.2. The summed E-state index contributed by atoms with van der Waals surface area (Å²) in [6.45, 7) is 0.671. The van der Waals surface area contributed by atoms with Crippen molar-refractivity contribution in [2.75, 3.05) is 6.54 Å². The van der Waals surface area contributed by atoms with Gasteiger partial charge in [-0.3, -0.25) is 4.79 Å². The largest absolute Gasteiger partial charge is 0.416 e. The Balaban J connectivity index is 2.32. The number of carbonyl (C=O) groups is 1. The maximum Gasteiger partial charge on any atom is 0.416 e. The predicted molar refractivity (Wildman–Crippen MR) is 64.1 cm³/mol. The summed E-state index contributed by atoms with van der Waals surface area (Å²) < 4.78 is 38.0. The molecule has 3 nitrogen and oxygen atoms in total. The van der Waals surface area contributed by atoms with E-state index in [0.717, 1.165) is 18.6 Å². The lowest BCUT2D eigenvalue weighted by Crippen LogP contribution is -2.41. The number of hydrogen-bond acceptors (Lipinski definition) is 2. The summed E-state index contributed by atoms with van der Waals surface area (Å²) in [4.78, 5) is 11.4. The van der Waals surface area contributed by atoms with E-state index in [9.17, 15) is 18.0 Å². The summed E-state index contributed by atoms with van der Waals surface area (Å²) in [7, 11) is 0. The van der Waals surface area contributed by atoms with E-state index in [2.05, 4.69) is 5.32 Å². The number of primary amides is 1. The summed E-state index contributed by atoms with van der Waals surface area (Å²) in [5, 5.41) is 3.08. The number of nitrogens with one attached hydrogen (secondary N) is 1. The van der Waals surface area contributed by atoms with Crippen molar-refractivity contribution in [1.29, 1.82) is 0 Å². The van der Waals surface area contributed by atoms with Gasteiger partial charge in [-0.15, -0.1) is 0 Å². The molecule has 0 spiro atoms. The number of hydrogen-bond donors (Lipinski definition) is 2. The number of piperidine rings is 1. The topological polar surface area (TPSA) is 55.1 Å². The van der Waals surface area contributed by atoms with Gasteiger partial charge in [0.1, 0.15) is 0 Å². The molecule has 1 heterocycles. The van der Waals surface area contributed by atoms with Gasteiger partial charge in [0, 0.05) is 6.04 Å². The maximum absolute atomic E-state index is 12.7. The maximum atomic E-state index is 12.7. The Morgan fingerprint density at radius 1 is 1.37 bits per heavy atom. The van der Waals surface area contributed by atoms with E-state index in [4.69, 9.17) is 5.73 Å². The van der Waals surface area contributed by atoms with E-state index >= 15 is 0 Å². The molecule has 1 aromatic rings. The Hall–Kier alpha value is -1.56. The van der Waals surface area contributed by atoms with E-state index in [1.807, 2.05) is 0 Å². The van der Waals surface area contributed by atoms with E-state index in [-0.39, 0.29) is 0 Å². The van der Waals surface area contributed by atoms with Gasteiger partial charge in [0.05, 0.1) is 11.5 Å². The monoisotopic (exact) mass is 272 g/mol. The highest BCUT2D eigenvalue weighted by Crippen LogP contribution is 2.34. The highest BCUT2D eigenvalue weighted by Gasteiger charge is 2.34. The van der Waals surface area contributed by atoms with Gasteiger partial charge in [-0.1, -0.05) is 12.1 Å². The van der Waals surface area contributed by atoms with Crippen molar-refractivity contribution in [1.82, 2.24) is 5.32 Å². The highest BCUT2D eigenvalue weighted by molar-refractivity contribution is 5.77. The molecule has 1 saturated heterocycles. The van der Waals surface area contributed by atoms with Gasteiger partial charge in [-0.25, -0.2) is 0 Å². The molecule has 0 bridgehead atoms. The predicted octanol–water partition coefficient (Wildman–Crippen LogP) is 2.23. The van der Waals surface area contributed by atoms with E-state index in [0.29, 0.717) is 18.5 Å². The van der Waals surface area contributed by atoms with Gasteiger partial charge in [-0.2, -0.15) is 13.2 Å². The average molecular weight is 272 g/mol. The molecule has 0 saturated carbocycles. The molecular weight excluding hydrogens is 257 g/mol. The first-order valence-electron chi connectivity index (χ1n) is 6.09. The van der Waals surface area contributed by atoms with E-state index in [1.165, 1.54) is 6.07 Å². The smallest absolute Gasteiger partial charge is 0.369 e. The number of benzene rings is 1. The number of amides is 1. The highest BCUT2D eigenvalue weighted by atomic mass is 19.4. The quantitative estimate of drug-likeness (QED) is 0.867. The van der Waals surface area contributed by atoms with Crippen LogP contribution in [0, 0.1) is 5.92 Å². The third kappa shape index (κ3) is 3.07. The minimum absolute atomic E-state index is 0.437. The first-order chi connectivity index (χ1) is 8.89. The third-order valence-electron chi connectivity index (χ3n) is 3.40. The first kappa shape index (κ1) is 13.9. The lowest BCUT2D eigenvalue weighted by molar-refractivity contribution is -0.137. The van der Waals surface area contributed by atoms with Crippen molar-refractivity contribution in [3.63, 3.8) is 0 Å². The minimum Gasteiger partial charge on any atom is -0.369 e. The molecular formula is C13H15F3N2O. The van der Waals surface area contributed by atoms with Gasteiger partial charge in [0.25, 0.3) is 0 Å². The summed E-state index contributed by atoms with van der Waals surface area (Å²) in [6, 6.07) is 4.61. The molecule has 2 unspecified atom stereocenters. The zero-order valence-corrected chi connectivity index (χ0v) is 10.2. The second-order valence-corrected chi connectivity index (χ2v) is 4.71. The van der Waals surface area contributed by atoms with Crippen molar-refractivity contribution in [2.45, 2.75) is 25.1 Å². The summed E-state index contributed by atoms with van der Waals surface area (Å²) in [5.74, 6) is -0.938. The number of nitrogens with two attached hydrogens (primary N) is 1. The Labute approximate surface area is 109 Å². The molecule has 6 heteroatoms. The second kappa shape index (κ2) is 5.21. The Bertz CT molecular complexity index is 473. The van der Waals surface area contributed by atoms with Crippen molar-refractivity contribution in [3.05, 3.63) is 35.4 Å². The van der Waals surface area contributed by atoms with Crippen LogP contribution in [-0.2, 0) is 11.0 Å². The van der Waals surface area contributed by atoms with Crippen molar-refractivity contribution in [3.8, 4) is 0 Å². The zero-order valence-electron chi connectivity index (χ0n) is 10.2. The summed E-state index contributed by atoms with van der Waals surface area (Å²) >= 11 is 0. The Morgan fingerprint density at radius 3 is 2.74 bits per heavy atom. The van der Waals surface area contributed by atoms with Gasteiger partial charge < -0.3 is 11.1 Å². The minimum atomic E-state index is -4.38. The van der Waals surface area contributed by atoms with Crippen molar-refractivity contribution < 1.29 is 18.0 Å². The first-order valence-corrected chi connectivity index (χ1v) is 6.09. The van der Waals surface area contributed by atoms with Crippen LogP contribution in [0.4, 0.5) is 13.2 Å². The summed E-state index contributed by atoms with van der Waals surface area (Å²) in [6.07, 6.45) is -2.99. The number of alkyl halides is 3. The van der Waals surface area contributed by atoms with Crippen LogP contribution < -0.4 is 11.1 Å². The molecule has 1 fully saturated rings. The molecule has 1 aliphatic heterocycles. The Morgan fingerprint density at radius 2 is 2.11 bits per heavy atom. The lowest BCUT2D eigenvalue weighted by Gasteiger charge is -2.31. The van der Waals surface area contributed by atoms with Gasteiger partial charge >= 0.3 is 6.18 Å². The fraction of sp³-hybridized carbons (Fsp3) is 0.462. The molecule has 0 radical (unpaired) electrons. The van der Waals surface area contributed by atoms with Crippen molar-refractivity contribution >= 4 is 5.91 Å². The van der Waals surface area contributed by atoms with Crippen LogP contribution in [0.15, 0.2) is 24.3 Å². The van der Waals surface area contributed by atoms with Crippen LogP contribution in [0.2, 0.25) is 0 Å². The van der Waals surface area contributed by atoms with Crippen LogP contribution in [0.1, 0.15) is 30.0 Å². The lowest BCUT2D eigenvalue weighted by atomic mass is 9.85. The SMILES string of the molecule is NC(=O)C1CCCNC1c1cccc(C(F)(F)F)c1. The molecule has 3 N–H and O–H groups in total. The van der Waals surface area contributed by atoms with Crippen LogP contribution in [-0.4, -0.2) is 12.5 Å². The molecule has 19 heavy (non-hydrogen) atoms. The number of carbonyl (C=O) groups excluding carboxylic acids is 1. The zero-order chi connectivity index (χ0) is 14.0. The molecule has 1 aromatic carbocycles. The second-order valence-electron chi connectivity index (χ2n) is 4.71. The molecule has 2 atom stereocenters. The van der Waals surface area contributed by atoms with Crippen LogP contribution in [0.5, 0.6) is 0 Å². The molecule has 0 aliphatic carbocycles. The van der Waals surface area contributed by atoms with Crippen molar-refractivity contribution in [2.24, 2.45) is 11.7 Å². The fourth-order valence-corrected chi connectivity index (χ4v) is 2.45. The molecule has 1 amide bonds. The van der Waals surface area contributed by atoms with Gasteiger partial charge in [0.2, 0.25) is 5.91 Å². The number of halogens is 3. The average Bonchev–Trinajstić information content (AvgIpc) is 2.38. The molecule has 2 rings (SSSR count). The standard InChI is InChI=1S/C13H15F3N2O/c14-13(15,16)9-4-1-3-8(7-9)11-10(12(17)19)5-2-6-18-11/h1,3-4,7,10-11,18H,2,5-6H2,(H2,17,19). The fourth-order valence-electron chi connectivity index (χ4n) is 2.45. The Kier molecular flexibility index (Phi) is 3.80. The van der Waals surface area contributed by atoms with Crippen LogP contribution in [0.25, 0.3) is 0 Å². The third-order valence-corrected chi connectivity index (χ3v) is 3.40. The van der Waals surface area contributed by atoms with Crippen LogP contribution in [0.3, 0.4) is 0 Å². The molecule has 1 aliphatic rings. The van der Waals surface area contributed by atoms with Gasteiger partial charge in [-0.05, 0) is 37.1 Å².